The van der Waals surface area contributed by atoms with Gasteiger partial charge < -0.3 is 9.47 Å². The lowest BCUT2D eigenvalue weighted by molar-refractivity contribution is 0.155. The number of anilines is 1. The van der Waals surface area contributed by atoms with Gasteiger partial charge in [-0.2, -0.15) is 10.2 Å². The van der Waals surface area contributed by atoms with Crippen molar-refractivity contribution in [2.75, 3.05) is 12.4 Å². The molecule has 0 unspecified atom stereocenters. The Hall–Kier alpha value is -3.52. The number of nitrogens with one attached hydrogen (secondary N) is 1. The zero-order chi connectivity index (χ0) is 21.3. The Bertz CT molecular complexity index is 1230. The number of benzene rings is 2. The standard InChI is InChI=1S/C21H20ClN5O3/c1-26-18-7-4-13(8-14(18)11-23-26)12-30-21(28)24-20-10-17(25-27(20)2)16-6-5-15(22)9-19(16)29-3/h4-11H,12H2,1-3H3,(H,24,28). The zero-order valence-electron chi connectivity index (χ0n) is 16.7. The Balaban J connectivity index is 1.44. The first kappa shape index (κ1) is 19.8. The molecule has 4 rings (SSSR count). The molecule has 1 N–H and O–H groups in total. The van der Waals surface area contributed by atoms with Crippen LogP contribution in [0.2, 0.25) is 5.02 Å². The Morgan fingerprint density at radius 2 is 1.97 bits per heavy atom. The van der Waals surface area contributed by atoms with Gasteiger partial charge in [0.2, 0.25) is 0 Å². The second kappa shape index (κ2) is 8.08. The van der Waals surface area contributed by atoms with Crippen LogP contribution >= 0.6 is 11.6 Å². The lowest BCUT2D eigenvalue weighted by Gasteiger charge is -2.07. The molecule has 0 saturated heterocycles. The fraction of sp³-hybridized carbons (Fsp3) is 0.190. The summed E-state index contributed by atoms with van der Waals surface area (Å²) in [7, 11) is 5.18. The van der Waals surface area contributed by atoms with Gasteiger partial charge in [-0.3, -0.25) is 14.7 Å². The minimum atomic E-state index is -0.570. The van der Waals surface area contributed by atoms with Crippen molar-refractivity contribution < 1.29 is 14.3 Å². The fourth-order valence-electron chi connectivity index (χ4n) is 3.18. The number of ether oxygens (including phenoxy) is 2. The number of hydrogen-bond acceptors (Lipinski definition) is 5. The first-order valence-corrected chi connectivity index (χ1v) is 9.55. The highest BCUT2D eigenvalue weighted by atomic mass is 35.5. The van der Waals surface area contributed by atoms with Gasteiger partial charge in [0.15, 0.2) is 0 Å². The van der Waals surface area contributed by atoms with E-state index in [0.29, 0.717) is 22.3 Å². The van der Waals surface area contributed by atoms with Crippen LogP contribution in [0.4, 0.5) is 10.6 Å². The molecule has 9 heteroatoms. The second-order valence-electron chi connectivity index (χ2n) is 6.75. The number of carbonyl (C=O) groups excluding carboxylic acids is 1. The van der Waals surface area contributed by atoms with E-state index in [1.54, 1.807) is 47.9 Å². The summed E-state index contributed by atoms with van der Waals surface area (Å²) in [6.07, 6.45) is 1.21. The molecular weight excluding hydrogens is 406 g/mol. The molecule has 0 radical (unpaired) electrons. The lowest BCUT2D eigenvalue weighted by atomic mass is 10.1. The van der Waals surface area contributed by atoms with Crippen molar-refractivity contribution in [1.29, 1.82) is 0 Å². The van der Waals surface area contributed by atoms with Gasteiger partial charge in [-0.15, -0.1) is 0 Å². The largest absolute Gasteiger partial charge is 0.496 e. The Morgan fingerprint density at radius 3 is 2.77 bits per heavy atom. The summed E-state index contributed by atoms with van der Waals surface area (Å²) in [5.41, 5.74) is 3.30. The molecule has 2 aromatic heterocycles. The summed E-state index contributed by atoms with van der Waals surface area (Å²) in [5, 5.41) is 12.9. The monoisotopic (exact) mass is 425 g/mol. The lowest BCUT2D eigenvalue weighted by Crippen LogP contribution is -2.15. The maximum Gasteiger partial charge on any atom is 0.413 e. The van der Waals surface area contributed by atoms with Crippen LogP contribution in [0.5, 0.6) is 5.75 Å². The molecule has 0 bridgehead atoms. The van der Waals surface area contributed by atoms with Crippen LogP contribution in [0.3, 0.4) is 0 Å². The highest BCUT2D eigenvalue weighted by Crippen LogP contribution is 2.32. The topological polar surface area (TPSA) is 83.2 Å². The highest BCUT2D eigenvalue weighted by molar-refractivity contribution is 6.30. The van der Waals surface area contributed by atoms with E-state index in [-0.39, 0.29) is 6.61 Å². The first-order valence-electron chi connectivity index (χ1n) is 9.17. The summed E-state index contributed by atoms with van der Waals surface area (Å²) in [4.78, 5) is 12.3. The SMILES string of the molecule is COc1cc(Cl)ccc1-c1cc(NC(=O)OCc2ccc3c(cnn3C)c2)n(C)n1. The van der Waals surface area contributed by atoms with Crippen LogP contribution in [0, 0.1) is 0 Å². The Morgan fingerprint density at radius 1 is 1.13 bits per heavy atom. The predicted octanol–water partition coefficient (Wildman–Crippen LogP) is 4.38. The Labute approximate surface area is 178 Å². The molecule has 2 aromatic carbocycles. The molecule has 8 nitrogen and oxygen atoms in total. The van der Waals surface area contributed by atoms with Gasteiger partial charge in [0.05, 0.1) is 24.5 Å². The third-order valence-corrected chi connectivity index (χ3v) is 4.97. The summed E-state index contributed by atoms with van der Waals surface area (Å²) in [5.74, 6) is 1.09. The average molecular weight is 426 g/mol. The summed E-state index contributed by atoms with van der Waals surface area (Å²) < 4.78 is 14.1. The zero-order valence-corrected chi connectivity index (χ0v) is 17.5. The van der Waals surface area contributed by atoms with Crippen LogP contribution in [0.1, 0.15) is 5.56 Å². The van der Waals surface area contributed by atoms with Crippen molar-refractivity contribution >= 4 is 34.4 Å². The number of aryl methyl sites for hydroxylation is 2. The van der Waals surface area contributed by atoms with E-state index in [9.17, 15) is 4.79 Å². The van der Waals surface area contributed by atoms with E-state index in [1.807, 2.05) is 31.3 Å². The molecule has 0 atom stereocenters. The van der Waals surface area contributed by atoms with Crippen molar-refractivity contribution in [3.05, 3.63) is 59.2 Å². The first-order chi connectivity index (χ1) is 14.4. The summed E-state index contributed by atoms with van der Waals surface area (Å²) in [6, 6.07) is 12.8. The van der Waals surface area contributed by atoms with Gasteiger partial charge in [0, 0.05) is 36.1 Å². The molecule has 30 heavy (non-hydrogen) atoms. The number of rotatable bonds is 5. The van der Waals surface area contributed by atoms with Crippen molar-refractivity contribution in [3.63, 3.8) is 0 Å². The smallest absolute Gasteiger partial charge is 0.413 e. The van der Waals surface area contributed by atoms with Crippen LogP contribution in [0.25, 0.3) is 22.2 Å². The van der Waals surface area contributed by atoms with Crippen LogP contribution in [0.15, 0.2) is 48.7 Å². The molecule has 154 valence electrons. The van der Waals surface area contributed by atoms with Crippen molar-refractivity contribution in [3.8, 4) is 17.0 Å². The van der Waals surface area contributed by atoms with E-state index in [1.165, 1.54) is 0 Å². The molecule has 0 saturated carbocycles. The normalized spacial score (nSPS) is 10.9. The van der Waals surface area contributed by atoms with Crippen molar-refractivity contribution in [1.82, 2.24) is 19.6 Å². The number of nitrogens with zero attached hydrogens (tertiary/aromatic N) is 4. The third-order valence-electron chi connectivity index (χ3n) is 4.73. The molecule has 0 fully saturated rings. The molecule has 2 heterocycles. The van der Waals surface area contributed by atoms with Crippen molar-refractivity contribution in [2.24, 2.45) is 14.1 Å². The second-order valence-corrected chi connectivity index (χ2v) is 7.18. The van der Waals surface area contributed by atoms with Gasteiger partial charge in [-0.25, -0.2) is 4.79 Å². The van der Waals surface area contributed by atoms with E-state index in [0.717, 1.165) is 22.0 Å². The minimum Gasteiger partial charge on any atom is -0.496 e. The van der Waals surface area contributed by atoms with Crippen LogP contribution < -0.4 is 10.1 Å². The maximum absolute atomic E-state index is 12.3. The van der Waals surface area contributed by atoms with E-state index < -0.39 is 6.09 Å². The molecule has 4 aromatic rings. The molecule has 1 amide bonds. The van der Waals surface area contributed by atoms with Gasteiger partial charge in [-0.05, 0) is 35.9 Å². The number of fused-ring (bicyclic) bond motifs is 1. The third kappa shape index (κ3) is 3.95. The van der Waals surface area contributed by atoms with Gasteiger partial charge in [0.25, 0.3) is 0 Å². The van der Waals surface area contributed by atoms with E-state index >= 15 is 0 Å². The van der Waals surface area contributed by atoms with Gasteiger partial charge in [-0.1, -0.05) is 17.7 Å². The van der Waals surface area contributed by atoms with Gasteiger partial charge in [0.1, 0.15) is 18.2 Å². The fourth-order valence-corrected chi connectivity index (χ4v) is 3.35. The molecule has 0 aliphatic rings. The minimum absolute atomic E-state index is 0.145. The number of amides is 1. The quantitative estimate of drug-likeness (QED) is 0.513. The number of aromatic nitrogens is 4. The van der Waals surface area contributed by atoms with E-state index in [2.05, 4.69) is 15.5 Å². The van der Waals surface area contributed by atoms with Crippen LogP contribution in [-0.2, 0) is 25.4 Å². The average Bonchev–Trinajstić information content (AvgIpc) is 3.28. The molecule has 0 spiro atoms. The van der Waals surface area contributed by atoms with Crippen LogP contribution in [-0.4, -0.2) is 32.8 Å². The number of carbonyl (C=O) groups is 1. The summed E-state index contributed by atoms with van der Waals surface area (Å²) >= 11 is 6.02. The Kier molecular flexibility index (Phi) is 5.33. The number of halogens is 1. The number of hydrogen-bond donors (Lipinski definition) is 1. The summed E-state index contributed by atoms with van der Waals surface area (Å²) in [6.45, 7) is 0.145. The van der Waals surface area contributed by atoms with Crippen molar-refractivity contribution in [2.45, 2.75) is 6.61 Å². The maximum atomic E-state index is 12.3. The molecule has 0 aliphatic carbocycles. The number of methoxy groups -OCH3 is 1. The predicted molar refractivity (Wildman–Crippen MR) is 115 cm³/mol. The van der Waals surface area contributed by atoms with E-state index in [4.69, 9.17) is 21.1 Å². The van der Waals surface area contributed by atoms with Gasteiger partial charge >= 0.3 is 6.09 Å². The molecule has 0 aliphatic heterocycles. The highest BCUT2D eigenvalue weighted by Gasteiger charge is 2.14. The molecular formula is C21H20ClN5O3.